The molecule has 0 saturated carbocycles. The van der Waals surface area contributed by atoms with Crippen LogP contribution in [-0.4, -0.2) is 41.2 Å². The van der Waals surface area contributed by atoms with Crippen molar-refractivity contribution in [3.05, 3.63) is 0 Å². The van der Waals surface area contributed by atoms with Gasteiger partial charge in [0.2, 0.25) is 0 Å². The topological polar surface area (TPSA) is 75.7 Å². The fourth-order valence-electron chi connectivity index (χ4n) is 1.12. The second-order valence-corrected chi connectivity index (χ2v) is 2.63. The number of rotatable bonds is 1. The first kappa shape index (κ1) is 7.94. The summed E-state index contributed by atoms with van der Waals surface area (Å²) < 4.78 is 5.11. The minimum absolute atomic E-state index is 0.160. The highest BCUT2D eigenvalue weighted by molar-refractivity contribution is 4.90. The Bertz CT molecular complexity index is 120. The summed E-state index contributed by atoms with van der Waals surface area (Å²) in [6, 6.07) is -0.364. The van der Waals surface area contributed by atoms with Gasteiger partial charge in [0.15, 0.2) is 0 Å². The zero-order chi connectivity index (χ0) is 7.72. The van der Waals surface area contributed by atoms with Gasteiger partial charge in [0.05, 0.1) is 24.9 Å². The van der Waals surface area contributed by atoms with E-state index in [1.165, 1.54) is 0 Å². The summed E-state index contributed by atoms with van der Waals surface area (Å²) in [5, 5.41) is 17.8. The zero-order valence-corrected chi connectivity index (χ0v) is 5.90. The molecule has 1 unspecified atom stereocenters. The molecule has 1 heterocycles. The number of aliphatic hydroxyl groups excluding tert-OH is 2. The first-order valence-corrected chi connectivity index (χ1v) is 3.36. The fraction of sp³-hybridized carbons (Fsp3) is 1.00. The van der Waals surface area contributed by atoms with E-state index >= 15 is 0 Å². The predicted molar refractivity (Wildman–Crippen MR) is 35.4 cm³/mol. The van der Waals surface area contributed by atoms with E-state index in [1.54, 1.807) is 6.92 Å². The van der Waals surface area contributed by atoms with Crippen molar-refractivity contribution in [2.75, 3.05) is 6.61 Å². The van der Waals surface area contributed by atoms with Crippen LogP contribution >= 0.6 is 0 Å². The molecule has 4 nitrogen and oxygen atoms in total. The first-order chi connectivity index (χ1) is 4.66. The second-order valence-electron chi connectivity index (χ2n) is 2.63. The lowest BCUT2D eigenvalue weighted by atomic mass is 10.1. The molecule has 4 heteroatoms. The molecule has 60 valence electrons. The van der Waals surface area contributed by atoms with Crippen LogP contribution < -0.4 is 5.73 Å². The van der Waals surface area contributed by atoms with Crippen LogP contribution in [0.5, 0.6) is 0 Å². The SMILES string of the molecule is C[C@H]1O[C@H](CO)C(O)[C@@H]1N. The van der Waals surface area contributed by atoms with Crippen molar-refractivity contribution in [1.82, 2.24) is 0 Å². The lowest BCUT2D eigenvalue weighted by molar-refractivity contribution is -0.0170. The smallest absolute Gasteiger partial charge is 0.108 e. The highest BCUT2D eigenvalue weighted by atomic mass is 16.5. The molecule has 0 radical (unpaired) electrons. The van der Waals surface area contributed by atoms with E-state index in [9.17, 15) is 5.11 Å². The maximum absolute atomic E-state index is 9.22. The third-order valence-corrected chi connectivity index (χ3v) is 1.89. The average molecular weight is 147 g/mol. The quantitative estimate of drug-likeness (QED) is 0.420. The van der Waals surface area contributed by atoms with Crippen LogP contribution in [0.1, 0.15) is 6.92 Å². The largest absolute Gasteiger partial charge is 0.394 e. The van der Waals surface area contributed by atoms with E-state index in [0.29, 0.717) is 0 Å². The van der Waals surface area contributed by atoms with Crippen LogP contribution in [0, 0.1) is 0 Å². The van der Waals surface area contributed by atoms with Crippen molar-refractivity contribution in [3.8, 4) is 0 Å². The van der Waals surface area contributed by atoms with Crippen molar-refractivity contribution in [1.29, 1.82) is 0 Å². The molecule has 0 aliphatic carbocycles. The third-order valence-electron chi connectivity index (χ3n) is 1.89. The Balaban J connectivity index is 2.53. The summed E-state index contributed by atoms with van der Waals surface area (Å²) in [6.45, 7) is 1.61. The van der Waals surface area contributed by atoms with E-state index in [1.807, 2.05) is 0 Å². The standard InChI is InChI=1S/C6H13NO3/c1-3-5(7)6(9)4(2-8)10-3/h3-6,8-9H,2,7H2,1H3/t3-,4-,5-,6?/m1/s1. The van der Waals surface area contributed by atoms with Crippen LogP contribution in [0.2, 0.25) is 0 Å². The Kier molecular flexibility index (Phi) is 2.25. The van der Waals surface area contributed by atoms with Crippen molar-refractivity contribution in [2.45, 2.75) is 31.3 Å². The number of nitrogens with two attached hydrogens (primary N) is 1. The summed E-state index contributed by atoms with van der Waals surface area (Å²) in [7, 11) is 0. The summed E-state index contributed by atoms with van der Waals surface area (Å²) in [5.74, 6) is 0. The lowest BCUT2D eigenvalue weighted by Crippen LogP contribution is -2.40. The van der Waals surface area contributed by atoms with Gasteiger partial charge in [-0.05, 0) is 6.92 Å². The molecule has 0 aromatic heterocycles. The molecule has 1 saturated heterocycles. The van der Waals surface area contributed by atoms with Gasteiger partial charge in [-0.25, -0.2) is 0 Å². The second kappa shape index (κ2) is 2.84. The van der Waals surface area contributed by atoms with Crippen molar-refractivity contribution in [2.24, 2.45) is 5.73 Å². The molecule has 4 atom stereocenters. The third kappa shape index (κ3) is 1.15. The summed E-state index contributed by atoms with van der Waals surface area (Å²) >= 11 is 0. The van der Waals surface area contributed by atoms with Gasteiger partial charge in [-0.2, -0.15) is 0 Å². The van der Waals surface area contributed by atoms with Gasteiger partial charge >= 0.3 is 0 Å². The van der Waals surface area contributed by atoms with Crippen LogP contribution in [0.4, 0.5) is 0 Å². The van der Waals surface area contributed by atoms with Gasteiger partial charge < -0.3 is 20.7 Å². The summed E-state index contributed by atoms with van der Waals surface area (Å²) in [4.78, 5) is 0. The summed E-state index contributed by atoms with van der Waals surface area (Å²) in [6.07, 6.45) is -1.38. The van der Waals surface area contributed by atoms with Crippen LogP contribution in [0.25, 0.3) is 0 Å². The molecule has 0 bridgehead atoms. The van der Waals surface area contributed by atoms with Crippen molar-refractivity contribution < 1.29 is 14.9 Å². The van der Waals surface area contributed by atoms with E-state index < -0.39 is 12.2 Å². The van der Waals surface area contributed by atoms with Gasteiger partial charge in [0.1, 0.15) is 6.10 Å². The van der Waals surface area contributed by atoms with Crippen LogP contribution in [0.15, 0.2) is 0 Å². The number of hydrogen-bond acceptors (Lipinski definition) is 4. The van der Waals surface area contributed by atoms with E-state index in [4.69, 9.17) is 15.6 Å². The Labute approximate surface area is 59.6 Å². The molecule has 1 aliphatic heterocycles. The normalized spacial score (nSPS) is 48.0. The van der Waals surface area contributed by atoms with Gasteiger partial charge in [0, 0.05) is 0 Å². The zero-order valence-electron chi connectivity index (χ0n) is 5.90. The molecule has 0 aromatic rings. The molecule has 1 fully saturated rings. The molecule has 0 amide bonds. The molecule has 0 spiro atoms. The lowest BCUT2D eigenvalue weighted by Gasteiger charge is -2.11. The highest BCUT2D eigenvalue weighted by Gasteiger charge is 2.38. The Morgan fingerprint density at radius 3 is 2.40 bits per heavy atom. The van der Waals surface area contributed by atoms with Gasteiger partial charge in [0.25, 0.3) is 0 Å². The molecule has 0 aromatic carbocycles. The van der Waals surface area contributed by atoms with Gasteiger partial charge in [-0.1, -0.05) is 0 Å². The van der Waals surface area contributed by atoms with Crippen molar-refractivity contribution in [3.63, 3.8) is 0 Å². The minimum atomic E-state index is -0.722. The van der Waals surface area contributed by atoms with Crippen LogP contribution in [-0.2, 0) is 4.74 Å². The first-order valence-electron chi connectivity index (χ1n) is 3.36. The maximum atomic E-state index is 9.22. The van der Waals surface area contributed by atoms with E-state index in [2.05, 4.69) is 0 Å². The van der Waals surface area contributed by atoms with E-state index in [0.717, 1.165) is 0 Å². The highest BCUT2D eigenvalue weighted by Crippen LogP contribution is 2.18. The maximum Gasteiger partial charge on any atom is 0.108 e. The number of aliphatic hydroxyl groups is 2. The van der Waals surface area contributed by atoms with E-state index in [-0.39, 0.29) is 18.8 Å². The molecule has 4 N–H and O–H groups in total. The number of ether oxygens (including phenoxy) is 1. The fourth-order valence-corrected chi connectivity index (χ4v) is 1.12. The monoisotopic (exact) mass is 147 g/mol. The Hall–Kier alpha value is -0.160. The molecular formula is C6H13NO3. The molecule has 1 rings (SSSR count). The Morgan fingerprint density at radius 2 is 2.20 bits per heavy atom. The predicted octanol–water partition coefficient (Wildman–Crippen LogP) is -1.55. The van der Waals surface area contributed by atoms with Gasteiger partial charge in [-0.3, -0.25) is 0 Å². The van der Waals surface area contributed by atoms with Gasteiger partial charge in [-0.15, -0.1) is 0 Å². The molecular weight excluding hydrogens is 134 g/mol. The van der Waals surface area contributed by atoms with Crippen molar-refractivity contribution >= 4 is 0 Å². The Morgan fingerprint density at radius 1 is 1.60 bits per heavy atom. The van der Waals surface area contributed by atoms with Crippen LogP contribution in [0.3, 0.4) is 0 Å². The molecule has 1 aliphatic rings. The summed E-state index contributed by atoms with van der Waals surface area (Å²) in [5.41, 5.74) is 5.50. The molecule has 10 heavy (non-hydrogen) atoms. The average Bonchev–Trinajstić information content (AvgIpc) is 2.17. The minimum Gasteiger partial charge on any atom is -0.394 e. The number of hydrogen-bond donors (Lipinski definition) is 3.